The number of halogens is 1. The van der Waals surface area contributed by atoms with E-state index in [4.69, 9.17) is 16.1 Å². The van der Waals surface area contributed by atoms with Gasteiger partial charge in [-0.15, -0.1) is 0 Å². The van der Waals surface area contributed by atoms with Crippen molar-refractivity contribution in [3.8, 4) is 0 Å². The van der Waals surface area contributed by atoms with Gasteiger partial charge in [-0.05, 0) is 24.1 Å². The van der Waals surface area contributed by atoms with Gasteiger partial charge < -0.3 is 9.84 Å². The van der Waals surface area contributed by atoms with Gasteiger partial charge in [0, 0.05) is 24.5 Å². The van der Waals surface area contributed by atoms with E-state index >= 15 is 0 Å². The van der Waals surface area contributed by atoms with E-state index < -0.39 is 0 Å². The Hall–Kier alpha value is -1.39. The number of aromatic nitrogens is 2. The van der Waals surface area contributed by atoms with Gasteiger partial charge in [0.2, 0.25) is 5.89 Å². The van der Waals surface area contributed by atoms with Crippen LogP contribution in [0, 0.1) is 6.92 Å². The van der Waals surface area contributed by atoms with Gasteiger partial charge in [0.15, 0.2) is 6.33 Å². The van der Waals surface area contributed by atoms with Crippen LogP contribution in [0.1, 0.15) is 17.0 Å². The van der Waals surface area contributed by atoms with Crippen molar-refractivity contribution >= 4 is 11.6 Å². The predicted octanol–water partition coefficient (Wildman–Crippen LogP) is 2.36. The van der Waals surface area contributed by atoms with Crippen LogP contribution >= 0.6 is 11.6 Å². The Morgan fingerprint density at radius 3 is 3.00 bits per heavy atom. The maximum Gasteiger partial charge on any atom is 0.227 e. The van der Waals surface area contributed by atoms with Gasteiger partial charge in [-0.2, -0.15) is 4.98 Å². The van der Waals surface area contributed by atoms with Crippen LogP contribution in [-0.4, -0.2) is 16.7 Å². The molecule has 17 heavy (non-hydrogen) atoms. The number of hydrogen-bond acceptors (Lipinski definition) is 4. The fraction of sp³-hybridized carbons (Fsp3) is 0.333. The van der Waals surface area contributed by atoms with Crippen LogP contribution in [0.5, 0.6) is 0 Å². The van der Waals surface area contributed by atoms with Gasteiger partial charge in [-0.25, -0.2) is 0 Å². The highest BCUT2D eigenvalue weighted by molar-refractivity contribution is 6.31. The van der Waals surface area contributed by atoms with Crippen molar-refractivity contribution < 1.29 is 4.52 Å². The highest BCUT2D eigenvalue weighted by Gasteiger charge is 2.00. The summed E-state index contributed by atoms with van der Waals surface area (Å²) in [6.07, 6.45) is 2.15. The van der Waals surface area contributed by atoms with E-state index in [1.165, 1.54) is 11.9 Å². The van der Waals surface area contributed by atoms with Crippen LogP contribution in [0.4, 0.5) is 0 Å². The molecule has 0 bridgehead atoms. The molecule has 1 N–H and O–H groups in total. The Bertz CT molecular complexity index is 471. The molecule has 0 aliphatic rings. The van der Waals surface area contributed by atoms with Crippen molar-refractivity contribution in [1.82, 2.24) is 15.5 Å². The van der Waals surface area contributed by atoms with E-state index in [0.29, 0.717) is 5.89 Å². The predicted molar refractivity (Wildman–Crippen MR) is 65.9 cm³/mol. The lowest BCUT2D eigenvalue weighted by atomic mass is 10.1. The second-order valence-corrected chi connectivity index (χ2v) is 4.25. The summed E-state index contributed by atoms with van der Waals surface area (Å²) in [6, 6.07) is 6.08. The highest BCUT2D eigenvalue weighted by atomic mass is 35.5. The molecule has 0 amide bonds. The van der Waals surface area contributed by atoms with Crippen molar-refractivity contribution in [3.63, 3.8) is 0 Å². The van der Waals surface area contributed by atoms with Crippen molar-refractivity contribution in [3.05, 3.63) is 46.6 Å². The molecule has 1 aromatic carbocycles. The molecule has 0 fully saturated rings. The maximum absolute atomic E-state index is 6.05. The largest absolute Gasteiger partial charge is 0.340 e. The molecule has 0 radical (unpaired) electrons. The van der Waals surface area contributed by atoms with Crippen LogP contribution in [0.3, 0.4) is 0 Å². The lowest BCUT2D eigenvalue weighted by Crippen LogP contribution is -2.16. The molecule has 0 saturated heterocycles. The number of benzene rings is 1. The Morgan fingerprint density at radius 1 is 1.41 bits per heavy atom. The smallest absolute Gasteiger partial charge is 0.227 e. The molecule has 0 aliphatic heterocycles. The molecular formula is C12H14ClN3O. The molecular weight excluding hydrogens is 238 g/mol. The van der Waals surface area contributed by atoms with Crippen molar-refractivity contribution in [2.24, 2.45) is 0 Å². The first-order chi connectivity index (χ1) is 8.25. The molecule has 0 unspecified atom stereocenters. The van der Waals surface area contributed by atoms with Gasteiger partial charge >= 0.3 is 0 Å². The normalized spacial score (nSPS) is 10.7. The number of nitrogens with zero attached hydrogens (tertiary/aromatic N) is 2. The first kappa shape index (κ1) is 12.1. The summed E-state index contributed by atoms with van der Waals surface area (Å²) in [5.74, 6) is 0.652. The van der Waals surface area contributed by atoms with E-state index in [-0.39, 0.29) is 0 Å². The molecule has 1 aromatic heterocycles. The summed E-state index contributed by atoms with van der Waals surface area (Å²) in [6.45, 7) is 3.58. The molecule has 4 nitrogen and oxygen atoms in total. The molecule has 0 atom stereocenters. The molecule has 0 aliphatic carbocycles. The molecule has 2 rings (SSSR count). The lowest BCUT2D eigenvalue weighted by Gasteiger charge is -2.05. The zero-order chi connectivity index (χ0) is 12.1. The number of aryl methyl sites for hydroxylation is 1. The average molecular weight is 252 g/mol. The molecule has 0 saturated carbocycles. The SMILES string of the molecule is Cc1ccc(CNCCc2ncno2)cc1Cl. The van der Waals surface area contributed by atoms with Gasteiger partial charge in [-0.3, -0.25) is 0 Å². The topological polar surface area (TPSA) is 51.0 Å². The van der Waals surface area contributed by atoms with Crippen molar-refractivity contribution in [1.29, 1.82) is 0 Å². The van der Waals surface area contributed by atoms with Crippen LogP contribution in [0.25, 0.3) is 0 Å². The van der Waals surface area contributed by atoms with E-state index in [1.807, 2.05) is 19.1 Å². The fourth-order valence-corrected chi connectivity index (χ4v) is 1.68. The molecule has 5 heteroatoms. The minimum Gasteiger partial charge on any atom is -0.340 e. The third-order valence-corrected chi connectivity index (χ3v) is 2.90. The Morgan fingerprint density at radius 2 is 2.29 bits per heavy atom. The Labute approximate surface area is 105 Å². The molecule has 90 valence electrons. The monoisotopic (exact) mass is 251 g/mol. The van der Waals surface area contributed by atoms with Crippen molar-refractivity contribution in [2.75, 3.05) is 6.54 Å². The van der Waals surface area contributed by atoms with Crippen LogP contribution in [0.15, 0.2) is 29.0 Å². The first-order valence-corrected chi connectivity index (χ1v) is 5.85. The van der Waals surface area contributed by atoms with Gasteiger partial charge in [0.1, 0.15) is 0 Å². The Kier molecular flexibility index (Phi) is 4.12. The maximum atomic E-state index is 6.05. The summed E-state index contributed by atoms with van der Waals surface area (Å²) in [7, 11) is 0. The minimum atomic E-state index is 0.652. The quantitative estimate of drug-likeness (QED) is 0.829. The number of hydrogen-bond donors (Lipinski definition) is 1. The number of rotatable bonds is 5. The van der Waals surface area contributed by atoms with E-state index in [1.54, 1.807) is 0 Å². The second kappa shape index (κ2) is 5.80. The van der Waals surface area contributed by atoms with Crippen LogP contribution in [-0.2, 0) is 13.0 Å². The van der Waals surface area contributed by atoms with Gasteiger partial charge in [0.25, 0.3) is 0 Å². The zero-order valence-corrected chi connectivity index (χ0v) is 10.4. The van der Waals surface area contributed by atoms with Crippen LogP contribution < -0.4 is 5.32 Å². The van der Waals surface area contributed by atoms with Crippen molar-refractivity contribution in [2.45, 2.75) is 19.9 Å². The number of nitrogens with one attached hydrogen (secondary N) is 1. The van der Waals surface area contributed by atoms with Gasteiger partial charge in [0.05, 0.1) is 0 Å². The highest BCUT2D eigenvalue weighted by Crippen LogP contribution is 2.16. The molecule has 1 heterocycles. The fourth-order valence-electron chi connectivity index (χ4n) is 1.48. The summed E-state index contributed by atoms with van der Waals surface area (Å²) in [5, 5.41) is 7.66. The van der Waals surface area contributed by atoms with Crippen LogP contribution in [0.2, 0.25) is 5.02 Å². The van der Waals surface area contributed by atoms with E-state index in [9.17, 15) is 0 Å². The van der Waals surface area contributed by atoms with E-state index in [0.717, 1.165) is 30.1 Å². The third-order valence-electron chi connectivity index (χ3n) is 2.49. The summed E-state index contributed by atoms with van der Waals surface area (Å²) >= 11 is 6.05. The summed E-state index contributed by atoms with van der Waals surface area (Å²) < 4.78 is 4.90. The minimum absolute atomic E-state index is 0.652. The zero-order valence-electron chi connectivity index (χ0n) is 9.61. The molecule has 2 aromatic rings. The standard InChI is InChI=1S/C12H14ClN3O/c1-9-2-3-10(6-11(9)13)7-14-5-4-12-15-8-16-17-12/h2-3,6,8,14H,4-5,7H2,1H3. The lowest BCUT2D eigenvalue weighted by molar-refractivity contribution is 0.375. The summed E-state index contributed by atoms with van der Waals surface area (Å²) in [5.41, 5.74) is 2.27. The Balaban J connectivity index is 1.76. The summed E-state index contributed by atoms with van der Waals surface area (Å²) in [4.78, 5) is 3.95. The third kappa shape index (κ3) is 3.54. The molecule has 0 spiro atoms. The average Bonchev–Trinajstić information content (AvgIpc) is 2.82. The van der Waals surface area contributed by atoms with Gasteiger partial charge in [-0.1, -0.05) is 28.9 Å². The second-order valence-electron chi connectivity index (χ2n) is 3.85. The first-order valence-electron chi connectivity index (χ1n) is 5.47. The van der Waals surface area contributed by atoms with E-state index in [2.05, 4.69) is 21.5 Å².